The third-order valence-corrected chi connectivity index (χ3v) is 4.67. The summed E-state index contributed by atoms with van der Waals surface area (Å²) in [6.45, 7) is 2.57. The molecule has 0 aromatic heterocycles. The lowest BCUT2D eigenvalue weighted by Crippen LogP contribution is -2.46. The molecule has 3 rings (SSSR count). The average Bonchev–Trinajstić information content (AvgIpc) is 2.68. The van der Waals surface area contributed by atoms with Crippen LogP contribution in [0.25, 0.3) is 11.1 Å². The first kappa shape index (κ1) is 20.4. The molecule has 1 saturated heterocycles. The number of nitrogens with zero attached hydrogens (tertiary/aromatic N) is 1. The van der Waals surface area contributed by atoms with Crippen LogP contribution in [0.15, 0.2) is 54.6 Å². The second-order valence-electron chi connectivity index (χ2n) is 6.47. The van der Waals surface area contributed by atoms with Crippen molar-refractivity contribution < 1.29 is 9.53 Å². The molecule has 0 spiro atoms. The molecular formula is C21H27ClN2O2. The van der Waals surface area contributed by atoms with Gasteiger partial charge in [0.05, 0.1) is 12.7 Å². The third-order valence-electron chi connectivity index (χ3n) is 4.67. The van der Waals surface area contributed by atoms with E-state index >= 15 is 0 Å². The van der Waals surface area contributed by atoms with Gasteiger partial charge in [0.1, 0.15) is 0 Å². The summed E-state index contributed by atoms with van der Waals surface area (Å²) in [7, 11) is 0. The molecule has 0 radical (unpaired) electrons. The number of rotatable bonds is 6. The number of aryl methyl sites for hydroxylation is 1. The number of amides is 1. The molecule has 1 aliphatic rings. The number of nitrogens with two attached hydrogens (primary N) is 1. The Balaban J connectivity index is 0.00000243. The maximum absolute atomic E-state index is 12.4. The Morgan fingerprint density at radius 2 is 1.77 bits per heavy atom. The van der Waals surface area contributed by atoms with Gasteiger partial charge in [-0.2, -0.15) is 0 Å². The fourth-order valence-electron chi connectivity index (χ4n) is 3.21. The Kier molecular flexibility index (Phi) is 8.10. The van der Waals surface area contributed by atoms with E-state index in [1.807, 2.05) is 23.1 Å². The van der Waals surface area contributed by atoms with Crippen molar-refractivity contribution in [1.29, 1.82) is 0 Å². The smallest absolute Gasteiger partial charge is 0.223 e. The first-order chi connectivity index (χ1) is 12.3. The molecule has 26 heavy (non-hydrogen) atoms. The molecule has 5 heteroatoms. The normalized spacial score (nSPS) is 16.8. The van der Waals surface area contributed by atoms with Crippen LogP contribution in [0.5, 0.6) is 0 Å². The molecule has 1 unspecified atom stereocenters. The maximum Gasteiger partial charge on any atom is 0.223 e. The number of ether oxygens (including phenoxy) is 1. The van der Waals surface area contributed by atoms with Crippen molar-refractivity contribution in [1.82, 2.24) is 4.90 Å². The Labute approximate surface area is 161 Å². The van der Waals surface area contributed by atoms with Crippen molar-refractivity contribution in [3.63, 3.8) is 0 Å². The highest BCUT2D eigenvalue weighted by molar-refractivity contribution is 5.85. The summed E-state index contributed by atoms with van der Waals surface area (Å²) in [6, 6.07) is 18.8. The first-order valence-electron chi connectivity index (χ1n) is 9.00. The van der Waals surface area contributed by atoms with E-state index in [4.69, 9.17) is 10.5 Å². The van der Waals surface area contributed by atoms with Crippen LogP contribution in [-0.2, 0) is 16.0 Å². The van der Waals surface area contributed by atoms with E-state index in [0.29, 0.717) is 32.7 Å². The Hall–Kier alpha value is -1.88. The predicted molar refractivity (Wildman–Crippen MR) is 107 cm³/mol. The summed E-state index contributed by atoms with van der Waals surface area (Å²) in [5.41, 5.74) is 9.20. The molecule has 4 nitrogen and oxygen atoms in total. The molecule has 140 valence electrons. The highest BCUT2D eigenvalue weighted by atomic mass is 35.5. The maximum atomic E-state index is 12.4. The van der Waals surface area contributed by atoms with Crippen molar-refractivity contribution in [3.05, 3.63) is 60.2 Å². The number of hydrogen-bond donors (Lipinski definition) is 1. The minimum absolute atomic E-state index is 0. The quantitative estimate of drug-likeness (QED) is 0.844. The summed E-state index contributed by atoms with van der Waals surface area (Å²) in [6.07, 6.45) is 2.21. The lowest BCUT2D eigenvalue weighted by atomic mass is 10.0. The van der Waals surface area contributed by atoms with Crippen LogP contribution >= 0.6 is 12.4 Å². The SMILES string of the molecule is Cl.NCCC1CN(C(=O)CCc2ccc(-c3ccccc3)cc2)CCO1. The van der Waals surface area contributed by atoms with Gasteiger partial charge < -0.3 is 15.4 Å². The van der Waals surface area contributed by atoms with Crippen LogP contribution in [0.2, 0.25) is 0 Å². The molecule has 2 aromatic carbocycles. The molecule has 0 saturated carbocycles. The first-order valence-corrected chi connectivity index (χ1v) is 9.00. The molecule has 1 atom stereocenters. The van der Waals surface area contributed by atoms with Gasteiger partial charge in [0.2, 0.25) is 5.91 Å². The van der Waals surface area contributed by atoms with Crippen LogP contribution in [0.4, 0.5) is 0 Å². The van der Waals surface area contributed by atoms with Crippen molar-refractivity contribution in [2.45, 2.75) is 25.4 Å². The number of benzene rings is 2. The van der Waals surface area contributed by atoms with Gasteiger partial charge in [-0.1, -0.05) is 54.6 Å². The number of halogens is 1. The van der Waals surface area contributed by atoms with Gasteiger partial charge in [0.25, 0.3) is 0 Å². The Morgan fingerprint density at radius 3 is 2.46 bits per heavy atom. The lowest BCUT2D eigenvalue weighted by molar-refractivity contribution is -0.138. The largest absolute Gasteiger partial charge is 0.374 e. The summed E-state index contributed by atoms with van der Waals surface area (Å²) in [4.78, 5) is 14.4. The highest BCUT2D eigenvalue weighted by Crippen LogP contribution is 2.20. The number of carbonyl (C=O) groups is 1. The van der Waals surface area contributed by atoms with Gasteiger partial charge in [-0.3, -0.25) is 4.79 Å². The zero-order valence-electron chi connectivity index (χ0n) is 15.0. The highest BCUT2D eigenvalue weighted by Gasteiger charge is 2.23. The molecule has 2 N–H and O–H groups in total. The van der Waals surface area contributed by atoms with E-state index in [9.17, 15) is 4.79 Å². The zero-order chi connectivity index (χ0) is 17.5. The molecule has 2 aromatic rings. The van der Waals surface area contributed by atoms with Crippen molar-refractivity contribution in [2.75, 3.05) is 26.2 Å². The molecule has 0 aliphatic carbocycles. The summed E-state index contributed by atoms with van der Waals surface area (Å²) >= 11 is 0. The molecule has 1 fully saturated rings. The standard InChI is InChI=1S/C21H26N2O2.ClH/c22-13-12-20-16-23(14-15-25-20)21(24)11-8-17-6-9-19(10-7-17)18-4-2-1-3-5-18;/h1-7,9-10,20H,8,11-16,22H2;1H. The molecule has 1 amide bonds. The van der Waals surface area contributed by atoms with Gasteiger partial charge in [-0.25, -0.2) is 0 Å². The molecular weight excluding hydrogens is 348 g/mol. The van der Waals surface area contributed by atoms with E-state index < -0.39 is 0 Å². The fourth-order valence-corrected chi connectivity index (χ4v) is 3.21. The topological polar surface area (TPSA) is 55.6 Å². The van der Waals surface area contributed by atoms with Gasteiger partial charge in [0.15, 0.2) is 0 Å². The minimum atomic E-state index is 0. The average molecular weight is 375 g/mol. The number of hydrogen-bond acceptors (Lipinski definition) is 3. The van der Waals surface area contributed by atoms with Crippen LogP contribution in [0.3, 0.4) is 0 Å². The van der Waals surface area contributed by atoms with E-state index in [2.05, 4.69) is 36.4 Å². The fraction of sp³-hybridized carbons (Fsp3) is 0.381. The summed E-state index contributed by atoms with van der Waals surface area (Å²) < 4.78 is 5.64. The summed E-state index contributed by atoms with van der Waals surface area (Å²) in [5.74, 6) is 0.206. The van der Waals surface area contributed by atoms with Gasteiger partial charge in [-0.05, 0) is 36.1 Å². The van der Waals surface area contributed by atoms with Gasteiger partial charge >= 0.3 is 0 Å². The lowest BCUT2D eigenvalue weighted by Gasteiger charge is -2.33. The van der Waals surface area contributed by atoms with E-state index in [1.54, 1.807) is 0 Å². The Bertz CT molecular complexity index is 674. The van der Waals surface area contributed by atoms with Gasteiger partial charge in [-0.15, -0.1) is 12.4 Å². The van der Waals surface area contributed by atoms with Crippen LogP contribution < -0.4 is 5.73 Å². The van der Waals surface area contributed by atoms with E-state index in [0.717, 1.165) is 12.8 Å². The van der Waals surface area contributed by atoms with E-state index in [1.165, 1.54) is 16.7 Å². The monoisotopic (exact) mass is 374 g/mol. The number of morpholine rings is 1. The zero-order valence-corrected chi connectivity index (χ0v) is 15.8. The third kappa shape index (κ3) is 5.56. The Morgan fingerprint density at radius 1 is 1.08 bits per heavy atom. The van der Waals surface area contributed by atoms with Crippen molar-refractivity contribution in [3.8, 4) is 11.1 Å². The van der Waals surface area contributed by atoms with Crippen LogP contribution in [0, 0.1) is 0 Å². The predicted octanol–water partition coefficient (Wildman–Crippen LogP) is 3.28. The number of carbonyl (C=O) groups excluding carboxylic acids is 1. The molecule has 1 aliphatic heterocycles. The van der Waals surface area contributed by atoms with E-state index in [-0.39, 0.29) is 24.4 Å². The van der Waals surface area contributed by atoms with Crippen LogP contribution in [0.1, 0.15) is 18.4 Å². The van der Waals surface area contributed by atoms with Crippen molar-refractivity contribution >= 4 is 18.3 Å². The van der Waals surface area contributed by atoms with Crippen molar-refractivity contribution in [2.24, 2.45) is 5.73 Å². The summed E-state index contributed by atoms with van der Waals surface area (Å²) in [5, 5.41) is 0. The minimum Gasteiger partial charge on any atom is -0.374 e. The second kappa shape index (κ2) is 10.3. The van der Waals surface area contributed by atoms with Gasteiger partial charge in [0, 0.05) is 19.5 Å². The molecule has 1 heterocycles. The molecule has 0 bridgehead atoms. The van der Waals surface area contributed by atoms with Crippen LogP contribution in [-0.4, -0.2) is 43.2 Å². The second-order valence-corrected chi connectivity index (χ2v) is 6.47.